The molecule has 144 valence electrons. The maximum absolute atomic E-state index is 12.6. The van der Waals surface area contributed by atoms with Gasteiger partial charge >= 0.3 is 5.51 Å². The Bertz CT molecular complexity index is 829. The Morgan fingerprint density at radius 2 is 1.81 bits per heavy atom. The molecule has 2 aliphatic rings. The van der Waals surface area contributed by atoms with Crippen LogP contribution in [0.2, 0.25) is 0 Å². The number of aliphatic hydroxyl groups excluding tert-OH is 2. The molecule has 2 bridgehead atoms. The topological polar surface area (TPSA) is 130 Å². The molecule has 0 radical (unpaired) electrons. The highest BCUT2D eigenvalue weighted by molar-refractivity contribution is 7.92. The predicted molar refractivity (Wildman–Crippen MR) is 83.4 cm³/mol. The molecule has 3 rings (SSSR count). The molecule has 1 amide bonds. The maximum atomic E-state index is 12.6. The highest BCUT2D eigenvalue weighted by Gasteiger charge is 2.58. The SMILES string of the molecule is N[C@@H]1[C@@H]2C[C@@H]([C@@H](O)[C@H]2O)[C@@H]1C(=O)Nc1cccc(S(=O)(=O)C(F)(F)F)c1. The van der Waals surface area contributed by atoms with Gasteiger partial charge in [0.2, 0.25) is 5.91 Å². The molecule has 26 heavy (non-hydrogen) atoms. The van der Waals surface area contributed by atoms with Crippen molar-refractivity contribution in [3.05, 3.63) is 24.3 Å². The number of hydrogen-bond donors (Lipinski definition) is 4. The fraction of sp³-hybridized carbons (Fsp3) is 0.533. The summed E-state index contributed by atoms with van der Waals surface area (Å²) in [5.41, 5.74) is 0.362. The van der Waals surface area contributed by atoms with E-state index >= 15 is 0 Å². The van der Waals surface area contributed by atoms with Gasteiger partial charge in [0, 0.05) is 23.6 Å². The lowest BCUT2D eigenvalue weighted by molar-refractivity contribution is -0.126. The molecule has 0 unspecified atom stereocenters. The van der Waals surface area contributed by atoms with Crippen LogP contribution in [-0.2, 0) is 14.6 Å². The van der Waals surface area contributed by atoms with Crippen LogP contribution < -0.4 is 11.1 Å². The van der Waals surface area contributed by atoms with Gasteiger partial charge in [0.1, 0.15) is 0 Å². The van der Waals surface area contributed by atoms with Crippen molar-refractivity contribution in [1.82, 2.24) is 0 Å². The van der Waals surface area contributed by atoms with E-state index in [2.05, 4.69) is 5.32 Å². The highest BCUT2D eigenvalue weighted by Crippen LogP contribution is 2.48. The van der Waals surface area contributed by atoms with Crippen molar-refractivity contribution in [3.8, 4) is 0 Å². The van der Waals surface area contributed by atoms with Gasteiger partial charge in [-0.05, 0) is 24.6 Å². The molecular formula is C15H17F3N2O5S. The van der Waals surface area contributed by atoms with Crippen LogP contribution in [0.1, 0.15) is 6.42 Å². The van der Waals surface area contributed by atoms with Crippen LogP contribution in [0.3, 0.4) is 0 Å². The molecule has 0 heterocycles. The lowest BCUT2D eigenvalue weighted by atomic mass is 9.81. The Labute approximate surface area is 146 Å². The van der Waals surface area contributed by atoms with Crippen LogP contribution in [0, 0.1) is 17.8 Å². The number of fused-ring (bicyclic) bond motifs is 2. The van der Waals surface area contributed by atoms with Crippen molar-refractivity contribution >= 4 is 21.4 Å². The van der Waals surface area contributed by atoms with Gasteiger partial charge in [-0.3, -0.25) is 4.79 Å². The summed E-state index contributed by atoms with van der Waals surface area (Å²) in [7, 11) is -5.54. The zero-order valence-electron chi connectivity index (χ0n) is 13.2. The second-order valence-electron chi connectivity index (χ2n) is 6.61. The van der Waals surface area contributed by atoms with Crippen LogP contribution in [0.25, 0.3) is 0 Å². The van der Waals surface area contributed by atoms with Crippen molar-refractivity contribution in [3.63, 3.8) is 0 Å². The third-order valence-corrected chi connectivity index (χ3v) is 6.65. The summed E-state index contributed by atoms with van der Waals surface area (Å²) < 4.78 is 60.9. The molecule has 2 aliphatic carbocycles. The smallest absolute Gasteiger partial charge is 0.390 e. The Balaban J connectivity index is 1.81. The lowest BCUT2D eigenvalue weighted by Gasteiger charge is -2.33. The molecule has 0 saturated heterocycles. The van der Waals surface area contributed by atoms with Crippen molar-refractivity contribution in [2.24, 2.45) is 23.5 Å². The van der Waals surface area contributed by atoms with E-state index in [4.69, 9.17) is 5.73 Å². The minimum absolute atomic E-state index is 0.134. The Morgan fingerprint density at radius 3 is 2.38 bits per heavy atom. The van der Waals surface area contributed by atoms with Crippen LogP contribution in [0.5, 0.6) is 0 Å². The van der Waals surface area contributed by atoms with E-state index in [1.54, 1.807) is 0 Å². The van der Waals surface area contributed by atoms with Crippen molar-refractivity contribution in [1.29, 1.82) is 0 Å². The number of nitrogens with two attached hydrogens (primary N) is 1. The number of alkyl halides is 3. The first-order valence-electron chi connectivity index (χ1n) is 7.79. The number of sulfone groups is 1. The standard InChI is InChI=1S/C15H17F3N2O5S/c16-15(17,18)26(24,25)7-3-1-2-6(4-7)20-14(23)10-8-5-9(11(10)19)13(22)12(8)21/h1-4,8-13,21-22H,5,19H2,(H,20,23)/t8-,9+,10+,11-,12-,13+/m1/s1. The van der Waals surface area contributed by atoms with E-state index in [1.807, 2.05) is 0 Å². The van der Waals surface area contributed by atoms with Gasteiger partial charge in [-0.25, -0.2) is 8.42 Å². The van der Waals surface area contributed by atoms with Crippen molar-refractivity contribution in [2.45, 2.75) is 35.1 Å². The van der Waals surface area contributed by atoms with Crippen LogP contribution in [0.4, 0.5) is 18.9 Å². The van der Waals surface area contributed by atoms with Gasteiger partial charge in [0.05, 0.1) is 23.0 Å². The normalized spacial score (nSPS) is 34.1. The average molecular weight is 394 g/mol. The van der Waals surface area contributed by atoms with E-state index < -0.39 is 62.2 Å². The molecule has 2 fully saturated rings. The molecule has 0 aliphatic heterocycles. The second kappa shape index (κ2) is 6.19. The molecule has 7 nitrogen and oxygen atoms in total. The predicted octanol–water partition coefficient (Wildman–Crippen LogP) is 0.234. The number of carbonyl (C=O) groups excluding carboxylic acids is 1. The Kier molecular flexibility index (Phi) is 4.54. The first kappa shape index (κ1) is 19.1. The molecule has 5 N–H and O–H groups in total. The van der Waals surface area contributed by atoms with Crippen LogP contribution in [0.15, 0.2) is 29.2 Å². The van der Waals surface area contributed by atoms with Gasteiger partial charge in [-0.2, -0.15) is 13.2 Å². The summed E-state index contributed by atoms with van der Waals surface area (Å²) in [5.74, 6) is -2.48. The van der Waals surface area contributed by atoms with Gasteiger partial charge in [-0.1, -0.05) is 6.07 Å². The van der Waals surface area contributed by atoms with E-state index in [-0.39, 0.29) is 5.69 Å². The number of hydrogen-bond acceptors (Lipinski definition) is 6. The van der Waals surface area contributed by atoms with Gasteiger partial charge < -0.3 is 21.3 Å². The number of amides is 1. The number of nitrogens with one attached hydrogen (secondary N) is 1. The first-order chi connectivity index (χ1) is 11.9. The molecule has 1 aromatic rings. The average Bonchev–Trinajstić information content (AvgIpc) is 3.02. The summed E-state index contributed by atoms with van der Waals surface area (Å²) >= 11 is 0. The number of benzene rings is 1. The quantitative estimate of drug-likeness (QED) is 0.581. The number of halogens is 3. The maximum Gasteiger partial charge on any atom is 0.501 e. The lowest BCUT2D eigenvalue weighted by Crippen LogP contribution is -2.52. The summed E-state index contributed by atoms with van der Waals surface area (Å²) in [6, 6.07) is 3.11. The number of anilines is 1. The van der Waals surface area contributed by atoms with Crippen molar-refractivity contribution < 1.29 is 36.6 Å². The summed E-state index contributed by atoms with van der Waals surface area (Å²) in [6.45, 7) is 0. The van der Waals surface area contributed by atoms with Crippen molar-refractivity contribution in [2.75, 3.05) is 5.32 Å². The van der Waals surface area contributed by atoms with Crippen LogP contribution in [-0.4, -0.2) is 48.3 Å². The zero-order valence-corrected chi connectivity index (χ0v) is 14.0. The molecule has 1 aromatic carbocycles. The molecule has 0 aromatic heterocycles. The molecular weight excluding hydrogens is 377 g/mol. The van der Waals surface area contributed by atoms with E-state index in [0.717, 1.165) is 12.1 Å². The Hall–Kier alpha value is -1.69. The minimum atomic E-state index is -5.54. The highest BCUT2D eigenvalue weighted by atomic mass is 32.2. The second-order valence-corrected chi connectivity index (χ2v) is 8.56. The number of rotatable bonds is 3. The molecule has 0 spiro atoms. The fourth-order valence-corrected chi connectivity index (χ4v) is 4.67. The first-order valence-corrected chi connectivity index (χ1v) is 9.27. The third-order valence-electron chi connectivity index (χ3n) is 5.16. The largest absolute Gasteiger partial charge is 0.501 e. The zero-order chi connectivity index (χ0) is 19.4. The van der Waals surface area contributed by atoms with Gasteiger partial charge in [0.15, 0.2) is 0 Å². The minimum Gasteiger partial charge on any atom is -0.390 e. The van der Waals surface area contributed by atoms with E-state index in [1.165, 1.54) is 6.07 Å². The van der Waals surface area contributed by atoms with Gasteiger partial charge in [-0.15, -0.1) is 0 Å². The molecule has 2 saturated carbocycles. The van der Waals surface area contributed by atoms with E-state index in [0.29, 0.717) is 12.5 Å². The summed E-state index contributed by atoms with van der Waals surface area (Å²) in [4.78, 5) is 11.5. The molecule has 11 heteroatoms. The van der Waals surface area contributed by atoms with E-state index in [9.17, 15) is 36.6 Å². The monoisotopic (exact) mass is 394 g/mol. The summed E-state index contributed by atoms with van der Waals surface area (Å²) in [6.07, 6.45) is -1.75. The third kappa shape index (κ3) is 2.88. The fourth-order valence-electron chi connectivity index (χ4n) is 3.86. The molecule has 6 atom stereocenters. The number of carbonyl (C=O) groups is 1. The summed E-state index contributed by atoms with van der Waals surface area (Å²) in [5, 5.41) is 22.1. The van der Waals surface area contributed by atoms with Crippen LogP contribution >= 0.6 is 0 Å². The number of aliphatic hydroxyl groups is 2. The Morgan fingerprint density at radius 1 is 1.19 bits per heavy atom. The van der Waals surface area contributed by atoms with Gasteiger partial charge in [0.25, 0.3) is 9.84 Å².